The topological polar surface area (TPSA) is 12.4 Å². The Hall–Kier alpha value is -2.81. The molecular weight excluding hydrogens is 986 g/mol. The molecular formula is C70H99BNNiP2-. The van der Waals surface area contributed by atoms with E-state index in [-0.39, 0.29) is 16.5 Å². The zero-order valence-corrected chi connectivity index (χ0v) is 49.8. The molecule has 75 heavy (non-hydrogen) atoms. The molecule has 0 aliphatic heterocycles. The van der Waals surface area contributed by atoms with Gasteiger partial charge in [0.15, 0.2) is 0 Å². The van der Waals surface area contributed by atoms with Crippen LogP contribution in [0.4, 0.5) is 0 Å². The van der Waals surface area contributed by atoms with Crippen molar-refractivity contribution in [1.82, 2.24) is 0 Å². The third-order valence-electron chi connectivity index (χ3n) is 18.6. The average Bonchev–Trinajstić information content (AvgIpc) is 3.49. The van der Waals surface area contributed by atoms with Gasteiger partial charge in [0, 0.05) is 22.2 Å². The first kappa shape index (κ1) is 59.8. The third kappa shape index (κ3) is 17.8. The van der Waals surface area contributed by atoms with E-state index in [0.717, 1.165) is 12.3 Å². The maximum Gasteiger partial charge on any atom is 0.108 e. The van der Waals surface area contributed by atoms with Crippen LogP contribution in [-0.2, 0) is 23.0 Å². The first-order chi connectivity index (χ1) is 36.6. The molecule has 0 radical (unpaired) electrons. The van der Waals surface area contributed by atoms with E-state index in [4.69, 9.17) is 0 Å². The van der Waals surface area contributed by atoms with Crippen LogP contribution in [0.1, 0.15) is 212 Å². The van der Waals surface area contributed by atoms with Gasteiger partial charge in [-0.05, 0) is 130 Å². The second-order valence-corrected chi connectivity index (χ2v) is 30.1. The van der Waals surface area contributed by atoms with Crippen molar-refractivity contribution < 1.29 is 16.5 Å². The van der Waals surface area contributed by atoms with Crippen molar-refractivity contribution in [2.45, 2.75) is 247 Å². The van der Waals surface area contributed by atoms with Crippen LogP contribution in [0, 0.1) is 0 Å². The predicted molar refractivity (Wildman–Crippen MR) is 334 cm³/mol. The fraction of sp³-hybridized carbons (Fsp3) is 0.557. The van der Waals surface area contributed by atoms with Gasteiger partial charge < -0.3 is 0 Å². The monoisotopic (exact) mass is 1080 g/mol. The van der Waals surface area contributed by atoms with E-state index in [1.54, 1.807) is 154 Å². The van der Waals surface area contributed by atoms with E-state index in [0.29, 0.717) is 15.8 Å². The van der Waals surface area contributed by atoms with E-state index in [2.05, 4.69) is 138 Å². The maximum atomic E-state index is 4.31. The van der Waals surface area contributed by atoms with Gasteiger partial charge in [-0.15, -0.1) is 0 Å². The second-order valence-electron chi connectivity index (χ2n) is 23.9. The number of hydrogen-bond acceptors (Lipinski definition) is 1. The maximum absolute atomic E-state index is 4.31. The molecule has 0 heterocycles. The molecule has 0 amide bonds. The summed E-state index contributed by atoms with van der Waals surface area (Å²) in [5.41, 5.74) is 14.9. The van der Waals surface area contributed by atoms with Crippen LogP contribution in [0.5, 0.6) is 0 Å². The summed E-state index contributed by atoms with van der Waals surface area (Å²) in [7, 11) is 0.770. The summed E-state index contributed by atoms with van der Waals surface area (Å²) in [6.07, 6.45) is 46.0. The molecule has 0 bridgehead atoms. The van der Waals surface area contributed by atoms with E-state index in [1.807, 2.05) is 32.0 Å². The minimum Gasteiger partial charge on any atom is -0.290 e. The second kappa shape index (κ2) is 33.6. The van der Waals surface area contributed by atoms with Gasteiger partial charge in [0.1, 0.15) is 6.15 Å². The van der Waals surface area contributed by atoms with Gasteiger partial charge in [-0.2, -0.15) is 21.9 Å². The number of benzene rings is 5. The molecule has 0 atom stereocenters. The molecule has 6 saturated carbocycles. The molecule has 6 aliphatic carbocycles. The largest absolute Gasteiger partial charge is 0.290 e. The van der Waals surface area contributed by atoms with Crippen LogP contribution >= 0.6 is 15.8 Å². The Morgan fingerprint density at radius 3 is 0.720 bits per heavy atom. The average molecular weight is 1090 g/mol. The summed E-state index contributed by atoms with van der Waals surface area (Å²) in [4.78, 5) is 4.31. The van der Waals surface area contributed by atoms with Gasteiger partial charge in [0.2, 0.25) is 0 Å². The van der Waals surface area contributed by atoms with E-state index >= 15 is 0 Å². The molecule has 1 nitrogen and oxygen atoms in total. The molecule has 0 unspecified atom stereocenters. The van der Waals surface area contributed by atoms with Gasteiger partial charge in [-0.3, -0.25) is 4.99 Å². The molecule has 0 saturated heterocycles. The molecule has 6 aliphatic rings. The van der Waals surface area contributed by atoms with Gasteiger partial charge in [0.05, 0.1) is 6.54 Å². The fourth-order valence-electron chi connectivity index (χ4n) is 15.0. The molecule has 0 aromatic heterocycles. The molecule has 11 rings (SSSR count). The Morgan fingerprint density at radius 2 is 0.520 bits per heavy atom. The fourth-order valence-corrected chi connectivity index (χ4v) is 24.4. The van der Waals surface area contributed by atoms with Crippen LogP contribution in [0.25, 0.3) is 0 Å². The van der Waals surface area contributed by atoms with Gasteiger partial charge >= 0.3 is 0 Å². The summed E-state index contributed by atoms with van der Waals surface area (Å²) < 4.78 is 0. The summed E-state index contributed by atoms with van der Waals surface area (Å²) in [5.74, 6) is 0. The number of hydrogen-bond donors (Lipinski definition) is 0. The standard InChI is InChI=1S/C24H20B.2C18H33P.C10H13N.Ni/c1-5-13-21(14-6-1)25(22-15-7-2-8-16-22,23-17-9-3-10-18-23)24-19-11-4-12-20-24;2*1-4-10-16(11-5-1)19(17-12-6-2-7-13-17)18-14-8-3-9-15-18;1-9(2)11-8-10-6-4-3-5-7-10;/h1-20H;2*16-18H,1-15H2;3-7H,8H2,1-2H3;/q-1;;;;. The van der Waals surface area contributed by atoms with Crippen molar-refractivity contribution in [3.63, 3.8) is 0 Å². The Kier molecular flexibility index (Phi) is 26.8. The molecule has 0 spiro atoms. The van der Waals surface area contributed by atoms with E-state index < -0.39 is 6.15 Å². The smallest absolute Gasteiger partial charge is 0.108 e. The van der Waals surface area contributed by atoms with Gasteiger partial charge in [-0.1, -0.05) is 283 Å². The van der Waals surface area contributed by atoms with Crippen molar-refractivity contribution in [2.75, 3.05) is 0 Å². The minimum absolute atomic E-state index is 0. The number of nitrogens with zero attached hydrogens (tertiary/aromatic N) is 1. The Labute approximate surface area is 472 Å². The molecule has 0 N–H and O–H groups in total. The van der Waals surface area contributed by atoms with Crippen LogP contribution in [-0.4, -0.2) is 45.8 Å². The van der Waals surface area contributed by atoms with Crippen LogP contribution in [0.15, 0.2) is 157 Å². The SMILES string of the molecule is C1CCC(P(C2CCCCC2)C2CCCCC2)CC1.C1CCC(P(C2CCCCC2)C2CCCCC2)CC1.CC(C)=NCc1ccccc1.[Ni].c1ccc([B-](c2ccccc2)(c2ccccc2)c2ccccc2)cc1. The molecule has 5 aromatic rings. The summed E-state index contributed by atoms with van der Waals surface area (Å²) in [5, 5.41) is 0. The quantitative estimate of drug-likeness (QED) is 0.0671. The first-order valence-electron chi connectivity index (χ1n) is 31.0. The molecule has 5 aromatic carbocycles. The van der Waals surface area contributed by atoms with Crippen molar-refractivity contribution in [3.8, 4) is 0 Å². The predicted octanol–water partition coefficient (Wildman–Crippen LogP) is 18.7. The van der Waals surface area contributed by atoms with Gasteiger partial charge in [0.25, 0.3) is 0 Å². The Morgan fingerprint density at radius 1 is 0.320 bits per heavy atom. The van der Waals surface area contributed by atoms with E-state index in [1.165, 1.54) is 99.9 Å². The first-order valence-corrected chi connectivity index (χ1v) is 34.1. The van der Waals surface area contributed by atoms with Gasteiger partial charge in [-0.25, -0.2) is 0 Å². The Bertz CT molecular complexity index is 1930. The minimum atomic E-state index is -1.22. The normalized spacial score (nSPS) is 19.7. The molecule has 408 valence electrons. The molecule has 6 fully saturated rings. The molecule has 5 heteroatoms. The van der Waals surface area contributed by atoms with Crippen LogP contribution in [0.2, 0.25) is 0 Å². The zero-order valence-electron chi connectivity index (χ0n) is 47.1. The Balaban J connectivity index is 0.000000150. The van der Waals surface area contributed by atoms with Crippen LogP contribution < -0.4 is 21.9 Å². The summed E-state index contributed by atoms with van der Waals surface area (Å²) >= 11 is 0. The summed E-state index contributed by atoms with van der Waals surface area (Å²) in [6, 6.07) is 53.8. The number of aliphatic imine (C=N–C) groups is 1. The van der Waals surface area contributed by atoms with Crippen molar-refractivity contribution >= 4 is 49.6 Å². The zero-order chi connectivity index (χ0) is 50.9. The third-order valence-corrected chi connectivity index (χ3v) is 26.8. The van der Waals surface area contributed by atoms with Crippen molar-refractivity contribution in [3.05, 3.63) is 157 Å². The van der Waals surface area contributed by atoms with Crippen molar-refractivity contribution in [1.29, 1.82) is 0 Å². The number of rotatable bonds is 12. The summed E-state index contributed by atoms with van der Waals surface area (Å²) in [6.45, 7) is 4.84. The van der Waals surface area contributed by atoms with E-state index in [9.17, 15) is 0 Å². The van der Waals surface area contributed by atoms with Crippen molar-refractivity contribution in [2.24, 2.45) is 4.99 Å². The van der Waals surface area contributed by atoms with Crippen LogP contribution in [0.3, 0.4) is 0 Å².